The van der Waals surface area contributed by atoms with Crippen molar-refractivity contribution in [3.8, 4) is 5.75 Å². The van der Waals surface area contributed by atoms with Gasteiger partial charge in [0.05, 0.1) is 0 Å². The van der Waals surface area contributed by atoms with Gasteiger partial charge in [-0.3, -0.25) is 4.79 Å². The number of nitrogens with one attached hydrogen (secondary N) is 1. The lowest BCUT2D eigenvalue weighted by Gasteiger charge is -2.09. The van der Waals surface area contributed by atoms with Gasteiger partial charge in [0.25, 0.3) is 0 Å². The number of hydrogen-bond acceptors (Lipinski definition) is 3. The van der Waals surface area contributed by atoms with Gasteiger partial charge in [0, 0.05) is 30.8 Å². The molecule has 4 heteroatoms. The number of anilines is 1. The van der Waals surface area contributed by atoms with Crippen LogP contribution in [0.1, 0.15) is 12.5 Å². The summed E-state index contributed by atoms with van der Waals surface area (Å²) in [4.78, 5) is 10.9. The zero-order valence-electron chi connectivity index (χ0n) is 10.5. The summed E-state index contributed by atoms with van der Waals surface area (Å²) < 4.78 is 18.4. The minimum absolute atomic E-state index is 0.244. The van der Waals surface area contributed by atoms with E-state index in [1.54, 1.807) is 36.4 Å². The van der Waals surface area contributed by atoms with Crippen LogP contribution in [0.5, 0.6) is 5.75 Å². The SMILES string of the molecule is CC(=O)Oc1cccc(NCc2ccccc2F)c1. The van der Waals surface area contributed by atoms with Gasteiger partial charge in [0.15, 0.2) is 0 Å². The second-order valence-electron chi connectivity index (χ2n) is 4.07. The highest BCUT2D eigenvalue weighted by Gasteiger charge is 2.02. The lowest BCUT2D eigenvalue weighted by molar-refractivity contribution is -0.131. The normalized spacial score (nSPS) is 10.0. The van der Waals surface area contributed by atoms with E-state index < -0.39 is 0 Å². The van der Waals surface area contributed by atoms with Crippen molar-refractivity contribution in [3.63, 3.8) is 0 Å². The number of carbonyl (C=O) groups excluding carboxylic acids is 1. The number of benzene rings is 2. The molecule has 0 atom stereocenters. The molecule has 0 bridgehead atoms. The van der Waals surface area contributed by atoms with E-state index in [2.05, 4.69) is 5.32 Å². The molecule has 0 heterocycles. The zero-order chi connectivity index (χ0) is 13.7. The molecule has 0 aliphatic carbocycles. The maximum atomic E-state index is 13.4. The molecule has 0 saturated heterocycles. The summed E-state index contributed by atoms with van der Waals surface area (Å²) >= 11 is 0. The molecule has 0 aliphatic heterocycles. The first kappa shape index (κ1) is 13.1. The van der Waals surface area contributed by atoms with Crippen LogP contribution in [-0.4, -0.2) is 5.97 Å². The summed E-state index contributed by atoms with van der Waals surface area (Å²) in [5.41, 5.74) is 1.35. The Labute approximate surface area is 111 Å². The van der Waals surface area contributed by atoms with Crippen LogP contribution >= 0.6 is 0 Å². The van der Waals surface area contributed by atoms with Gasteiger partial charge in [0.1, 0.15) is 11.6 Å². The van der Waals surface area contributed by atoms with Gasteiger partial charge in [-0.25, -0.2) is 4.39 Å². The van der Waals surface area contributed by atoms with E-state index in [1.807, 2.05) is 6.07 Å². The highest BCUT2D eigenvalue weighted by atomic mass is 19.1. The predicted molar refractivity (Wildman–Crippen MR) is 71.5 cm³/mol. The molecule has 0 saturated carbocycles. The predicted octanol–water partition coefficient (Wildman–Crippen LogP) is 3.36. The Bertz CT molecular complexity index is 584. The molecule has 0 amide bonds. The monoisotopic (exact) mass is 259 g/mol. The summed E-state index contributed by atoms with van der Waals surface area (Å²) in [6.07, 6.45) is 0. The quantitative estimate of drug-likeness (QED) is 0.676. The Morgan fingerprint density at radius 2 is 2.00 bits per heavy atom. The van der Waals surface area contributed by atoms with E-state index in [4.69, 9.17) is 4.74 Å². The van der Waals surface area contributed by atoms with Crippen molar-refractivity contribution < 1.29 is 13.9 Å². The average Bonchev–Trinajstić information content (AvgIpc) is 2.37. The first-order valence-electron chi connectivity index (χ1n) is 5.91. The maximum absolute atomic E-state index is 13.4. The largest absolute Gasteiger partial charge is 0.427 e. The lowest BCUT2D eigenvalue weighted by Crippen LogP contribution is -2.04. The molecule has 0 unspecified atom stereocenters. The number of ether oxygens (including phenoxy) is 1. The van der Waals surface area contributed by atoms with Gasteiger partial charge < -0.3 is 10.1 Å². The van der Waals surface area contributed by atoms with Crippen LogP contribution in [0.15, 0.2) is 48.5 Å². The van der Waals surface area contributed by atoms with Gasteiger partial charge in [-0.05, 0) is 18.2 Å². The van der Waals surface area contributed by atoms with Gasteiger partial charge in [-0.15, -0.1) is 0 Å². The van der Waals surface area contributed by atoms with Gasteiger partial charge in [-0.1, -0.05) is 24.3 Å². The Kier molecular flexibility index (Phi) is 4.13. The highest BCUT2D eigenvalue weighted by Crippen LogP contribution is 2.18. The molecule has 0 radical (unpaired) electrons. The molecule has 0 aliphatic rings. The van der Waals surface area contributed by atoms with Crippen molar-refractivity contribution in [3.05, 3.63) is 59.9 Å². The third-order valence-corrected chi connectivity index (χ3v) is 2.54. The van der Waals surface area contributed by atoms with Crippen LogP contribution in [-0.2, 0) is 11.3 Å². The first-order valence-corrected chi connectivity index (χ1v) is 5.91. The molecule has 0 spiro atoms. The van der Waals surface area contributed by atoms with Crippen LogP contribution in [0.25, 0.3) is 0 Å². The number of carbonyl (C=O) groups is 1. The number of rotatable bonds is 4. The second kappa shape index (κ2) is 6.00. The molecule has 1 N–H and O–H groups in total. The van der Waals surface area contributed by atoms with Crippen molar-refractivity contribution >= 4 is 11.7 Å². The summed E-state index contributed by atoms with van der Waals surface area (Å²) in [7, 11) is 0. The van der Waals surface area contributed by atoms with Crippen LogP contribution in [0.4, 0.5) is 10.1 Å². The van der Waals surface area contributed by atoms with Crippen LogP contribution in [0.3, 0.4) is 0 Å². The molecule has 3 nitrogen and oxygen atoms in total. The fourth-order valence-electron chi connectivity index (χ4n) is 1.67. The highest BCUT2D eigenvalue weighted by molar-refractivity contribution is 5.69. The fourth-order valence-corrected chi connectivity index (χ4v) is 1.67. The molecule has 98 valence electrons. The van der Waals surface area contributed by atoms with Crippen molar-refractivity contribution in [2.24, 2.45) is 0 Å². The standard InChI is InChI=1S/C15H14FNO2/c1-11(18)19-14-7-4-6-13(9-14)17-10-12-5-2-3-8-15(12)16/h2-9,17H,10H2,1H3. The molecule has 2 aromatic rings. The van der Waals surface area contributed by atoms with Crippen molar-refractivity contribution in [2.75, 3.05) is 5.32 Å². The summed E-state index contributed by atoms with van der Waals surface area (Å²) in [5.74, 6) is -0.150. The fraction of sp³-hybridized carbons (Fsp3) is 0.133. The van der Waals surface area contributed by atoms with Crippen LogP contribution in [0.2, 0.25) is 0 Å². The molecule has 19 heavy (non-hydrogen) atoms. The van der Waals surface area contributed by atoms with E-state index in [0.717, 1.165) is 5.69 Å². The third kappa shape index (κ3) is 3.81. The smallest absolute Gasteiger partial charge is 0.308 e. The number of esters is 1. The lowest BCUT2D eigenvalue weighted by atomic mass is 10.2. The topological polar surface area (TPSA) is 38.3 Å². The molecular formula is C15H14FNO2. The van der Waals surface area contributed by atoms with Crippen molar-refractivity contribution in [2.45, 2.75) is 13.5 Å². The van der Waals surface area contributed by atoms with Gasteiger partial charge in [0.2, 0.25) is 0 Å². The van der Waals surface area contributed by atoms with Crippen LogP contribution < -0.4 is 10.1 Å². The number of halogens is 1. The molecule has 0 fully saturated rings. The Hall–Kier alpha value is -2.36. The Morgan fingerprint density at radius 1 is 1.21 bits per heavy atom. The zero-order valence-corrected chi connectivity index (χ0v) is 10.5. The first-order chi connectivity index (χ1) is 9.15. The summed E-state index contributed by atoms with van der Waals surface area (Å²) in [5, 5.41) is 3.08. The van der Waals surface area contributed by atoms with Gasteiger partial charge in [-0.2, -0.15) is 0 Å². The number of hydrogen-bond donors (Lipinski definition) is 1. The molecule has 2 rings (SSSR count). The minimum atomic E-state index is -0.369. The van der Waals surface area contributed by atoms with E-state index in [0.29, 0.717) is 17.9 Å². The Morgan fingerprint density at radius 3 is 2.74 bits per heavy atom. The maximum Gasteiger partial charge on any atom is 0.308 e. The van der Waals surface area contributed by atoms with Crippen LogP contribution in [0, 0.1) is 5.82 Å². The van der Waals surface area contributed by atoms with E-state index in [1.165, 1.54) is 13.0 Å². The molecule has 0 aromatic heterocycles. The average molecular weight is 259 g/mol. The second-order valence-corrected chi connectivity index (χ2v) is 4.07. The van der Waals surface area contributed by atoms with Crippen molar-refractivity contribution in [1.82, 2.24) is 0 Å². The van der Waals surface area contributed by atoms with E-state index in [-0.39, 0.29) is 11.8 Å². The van der Waals surface area contributed by atoms with Gasteiger partial charge >= 0.3 is 5.97 Å². The summed E-state index contributed by atoms with van der Waals surface area (Å²) in [6.45, 7) is 1.72. The third-order valence-electron chi connectivity index (χ3n) is 2.54. The summed E-state index contributed by atoms with van der Waals surface area (Å²) in [6, 6.07) is 13.6. The molecule has 2 aromatic carbocycles. The molecular weight excluding hydrogens is 245 g/mol. The van der Waals surface area contributed by atoms with E-state index >= 15 is 0 Å². The van der Waals surface area contributed by atoms with Crippen molar-refractivity contribution in [1.29, 1.82) is 0 Å². The minimum Gasteiger partial charge on any atom is -0.427 e. The Balaban J connectivity index is 2.03. The van der Waals surface area contributed by atoms with E-state index in [9.17, 15) is 9.18 Å².